The first-order valence-electron chi connectivity index (χ1n) is 7.94. The van der Waals surface area contributed by atoms with Crippen molar-refractivity contribution in [2.75, 3.05) is 20.3 Å². The number of hydrogen-bond donors (Lipinski definition) is 1. The molecular weight excluding hydrogens is 340 g/mol. The highest BCUT2D eigenvalue weighted by molar-refractivity contribution is 5.97. The van der Waals surface area contributed by atoms with E-state index in [-0.39, 0.29) is 19.0 Å². The van der Waals surface area contributed by atoms with Gasteiger partial charge in [0.2, 0.25) is 0 Å². The van der Waals surface area contributed by atoms with Crippen LogP contribution in [-0.4, -0.2) is 43.5 Å². The SMILES string of the molecule is CCO[C@@H](Oc1ccc(OCC(=O)c2cccc(OC)c2)cc1)C(=O)O. The molecule has 138 valence electrons. The summed E-state index contributed by atoms with van der Waals surface area (Å²) < 4.78 is 20.8. The van der Waals surface area contributed by atoms with E-state index >= 15 is 0 Å². The summed E-state index contributed by atoms with van der Waals surface area (Å²) in [5.74, 6) is -0.0311. The number of Topliss-reactive ketones (excluding diaryl/α,β-unsaturated/α-hetero) is 1. The second-order valence-electron chi connectivity index (χ2n) is 5.16. The molecular formula is C19H20O7. The van der Waals surface area contributed by atoms with Crippen LogP contribution in [0.4, 0.5) is 0 Å². The van der Waals surface area contributed by atoms with Gasteiger partial charge in [-0.3, -0.25) is 4.79 Å². The monoisotopic (exact) mass is 360 g/mol. The minimum absolute atomic E-state index is 0.135. The summed E-state index contributed by atoms with van der Waals surface area (Å²) in [5, 5.41) is 8.99. The molecule has 0 fully saturated rings. The maximum atomic E-state index is 12.2. The van der Waals surface area contributed by atoms with Crippen LogP contribution in [-0.2, 0) is 9.53 Å². The van der Waals surface area contributed by atoms with Gasteiger partial charge < -0.3 is 24.1 Å². The number of carbonyl (C=O) groups is 2. The van der Waals surface area contributed by atoms with Gasteiger partial charge in [0.25, 0.3) is 6.29 Å². The number of carboxylic acids is 1. The summed E-state index contributed by atoms with van der Waals surface area (Å²) in [4.78, 5) is 23.2. The van der Waals surface area contributed by atoms with Gasteiger partial charge in [0.1, 0.15) is 17.2 Å². The van der Waals surface area contributed by atoms with E-state index in [0.29, 0.717) is 22.8 Å². The maximum absolute atomic E-state index is 12.2. The van der Waals surface area contributed by atoms with Crippen molar-refractivity contribution in [2.45, 2.75) is 13.2 Å². The average molecular weight is 360 g/mol. The van der Waals surface area contributed by atoms with Gasteiger partial charge in [-0.1, -0.05) is 12.1 Å². The lowest BCUT2D eigenvalue weighted by molar-refractivity contribution is -0.170. The van der Waals surface area contributed by atoms with E-state index in [0.717, 1.165) is 0 Å². The van der Waals surface area contributed by atoms with E-state index in [1.165, 1.54) is 7.11 Å². The maximum Gasteiger partial charge on any atom is 0.373 e. The molecule has 0 aliphatic rings. The number of aliphatic carboxylic acids is 1. The standard InChI is InChI=1S/C19H20O7/c1-3-24-19(18(21)22)26-15-9-7-14(8-10-15)25-12-17(20)13-5-4-6-16(11-13)23-2/h4-11,19H,3,12H2,1-2H3,(H,21,22)/t19-/m0/s1. The van der Waals surface area contributed by atoms with Crippen LogP contribution in [0.2, 0.25) is 0 Å². The van der Waals surface area contributed by atoms with Gasteiger partial charge in [-0.05, 0) is 43.3 Å². The molecule has 0 heterocycles. The average Bonchev–Trinajstić information content (AvgIpc) is 2.66. The van der Waals surface area contributed by atoms with E-state index in [9.17, 15) is 9.59 Å². The van der Waals surface area contributed by atoms with Crippen molar-refractivity contribution in [1.82, 2.24) is 0 Å². The molecule has 0 unspecified atom stereocenters. The minimum Gasteiger partial charge on any atom is -0.497 e. The zero-order valence-electron chi connectivity index (χ0n) is 14.5. The number of benzene rings is 2. The molecule has 0 aliphatic heterocycles. The predicted octanol–water partition coefficient (Wildman–Crippen LogP) is 2.78. The lowest BCUT2D eigenvalue weighted by atomic mass is 10.1. The van der Waals surface area contributed by atoms with Crippen molar-refractivity contribution < 1.29 is 33.6 Å². The van der Waals surface area contributed by atoms with Gasteiger partial charge in [0.05, 0.1) is 7.11 Å². The minimum atomic E-state index is -1.37. The molecule has 1 N–H and O–H groups in total. The zero-order chi connectivity index (χ0) is 18.9. The largest absolute Gasteiger partial charge is 0.497 e. The van der Waals surface area contributed by atoms with Crippen LogP contribution >= 0.6 is 0 Å². The van der Waals surface area contributed by atoms with Crippen LogP contribution in [0.3, 0.4) is 0 Å². The number of hydrogen-bond acceptors (Lipinski definition) is 6. The summed E-state index contributed by atoms with van der Waals surface area (Å²) in [7, 11) is 1.53. The van der Waals surface area contributed by atoms with Gasteiger partial charge in [-0.15, -0.1) is 0 Å². The molecule has 0 saturated carbocycles. The first-order valence-corrected chi connectivity index (χ1v) is 7.94. The Morgan fingerprint density at radius 1 is 1.04 bits per heavy atom. The highest BCUT2D eigenvalue weighted by Gasteiger charge is 2.19. The van der Waals surface area contributed by atoms with E-state index in [2.05, 4.69) is 0 Å². The van der Waals surface area contributed by atoms with Crippen LogP contribution in [0.5, 0.6) is 17.2 Å². The third-order valence-electron chi connectivity index (χ3n) is 3.35. The fraction of sp³-hybridized carbons (Fsp3) is 0.263. The molecule has 0 bridgehead atoms. The molecule has 0 spiro atoms. The molecule has 0 radical (unpaired) electrons. The van der Waals surface area contributed by atoms with Gasteiger partial charge in [-0.2, -0.15) is 0 Å². The summed E-state index contributed by atoms with van der Waals surface area (Å²) in [6, 6.07) is 13.1. The third-order valence-corrected chi connectivity index (χ3v) is 3.35. The van der Waals surface area contributed by atoms with Crippen molar-refractivity contribution in [1.29, 1.82) is 0 Å². The molecule has 0 amide bonds. The summed E-state index contributed by atoms with van der Waals surface area (Å²) >= 11 is 0. The number of rotatable bonds is 10. The van der Waals surface area contributed by atoms with E-state index < -0.39 is 12.3 Å². The van der Waals surface area contributed by atoms with E-state index in [1.807, 2.05) is 0 Å². The molecule has 0 saturated heterocycles. The Morgan fingerprint density at radius 2 is 1.73 bits per heavy atom. The molecule has 1 atom stereocenters. The lowest BCUT2D eigenvalue weighted by Crippen LogP contribution is -2.30. The Bertz CT molecular complexity index is 740. The molecule has 7 nitrogen and oxygen atoms in total. The zero-order valence-corrected chi connectivity index (χ0v) is 14.5. The lowest BCUT2D eigenvalue weighted by Gasteiger charge is -2.14. The highest BCUT2D eigenvalue weighted by Crippen LogP contribution is 2.20. The quantitative estimate of drug-likeness (QED) is 0.514. The number of methoxy groups -OCH3 is 1. The Balaban J connectivity index is 1.92. The summed E-state index contributed by atoms with van der Waals surface area (Å²) in [5.41, 5.74) is 0.491. The van der Waals surface area contributed by atoms with E-state index in [4.69, 9.17) is 24.1 Å². The van der Waals surface area contributed by atoms with Crippen LogP contribution in [0.1, 0.15) is 17.3 Å². The Hall–Kier alpha value is -3.06. The molecule has 2 aromatic rings. The number of carboxylic acid groups (broad SMARTS) is 1. The molecule has 0 aliphatic carbocycles. The molecule has 2 rings (SSSR count). The van der Waals surface area contributed by atoms with Crippen molar-refractivity contribution in [3.8, 4) is 17.2 Å². The van der Waals surface area contributed by atoms with E-state index in [1.54, 1.807) is 55.5 Å². The highest BCUT2D eigenvalue weighted by atomic mass is 16.7. The first kappa shape index (κ1) is 19.3. The summed E-state index contributed by atoms with van der Waals surface area (Å²) in [6.45, 7) is 1.75. The second-order valence-corrected chi connectivity index (χ2v) is 5.16. The van der Waals surface area contributed by atoms with Gasteiger partial charge in [0.15, 0.2) is 12.4 Å². The van der Waals surface area contributed by atoms with Crippen LogP contribution in [0, 0.1) is 0 Å². The van der Waals surface area contributed by atoms with Crippen molar-refractivity contribution >= 4 is 11.8 Å². The van der Waals surface area contributed by atoms with Gasteiger partial charge in [0, 0.05) is 12.2 Å². The third kappa shape index (κ3) is 5.49. The van der Waals surface area contributed by atoms with Crippen LogP contribution < -0.4 is 14.2 Å². The smallest absolute Gasteiger partial charge is 0.373 e. The van der Waals surface area contributed by atoms with Crippen LogP contribution in [0.25, 0.3) is 0 Å². The Labute approximate surface area is 151 Å². The van der Waals surface area contributed by atoms with Gasteiger partial charge in [-0.25, -0.2) is 4.79 Å². The fourth-order valence-corrected chi connectivity index (χ4v) is 2.07. The first-order chi connectivity index (χ1) is 12.5. The normalized spacial score (nSPS) is 11.5. The number of carbonyl (C=O) groups excluding carboxylic acids is 1. The fourth-order valence-electron chi connectivity index (χ4n) is 2.07. The van der Waals surface area contributed by atoms with Crippen LogP contribution in [0.15, 0.2) is 48.5 Å². The molecule has 7 heteroatoms. The predicted molar refractivity (Wildman–Crippen MR) is 92.9 cm³/mol. The number of ether oxygens (including phenoxy) is 4. The van der Waals surface area contributed by atoms with Gasteiger partial charge >= 0.3 is 5.97 Å². The topological polar surface area (TPSA) is 91.3 Å². The van der Waals surface area contributed by atoms with Crippen molar-refractivity contribution in [3.63, 3.8) is 0 Å². The Morgan fingerprint density at radius 3 is 2.35 bits per heavy atom. The molecule has 0 aromatic heterocycles. The molecule has 2 aromatic carbocycles. The molecule has 26 heavy (non-hydrogen) atoms. The second kappa shape index (κ2) is 9.43. The summed E-state index contributed by atoms with van der Waals surface area (Å²) in [6.07, 6.45) is -1.37. The Kier molecular flexibility index (Phi) is 6.99. The van der Waals surface area contributed by atoms with Crippen molar-refractivity contribution in [2.24, 2.45) is 0 Å². The van der Waals surface area contributed by atoms with Crippen molar-refractivity contribution in [3.05, 3.63) is 54.1 Å². The number of ketones is 1.